The topological polar surface area (TPSA) is 66.9 Å². The van der Waals surface area contributed by atoms with Gasteiger partial charge in [0.2, 0.25) is 0 Å². The number of carbonyl (C=O) groups is 3. The minimum Gasteiger partial charge on any atom is -0.464 e. The van der Waals surface area contributed by atoms with Crippen LogP contribution in [0.25, 0.3) is 0 Å². The van der Waals surface area contributed by atoms with Crippen molar-refractivity contribution in [2.75, 3.05) is 26.7 Å². The summed E-state index contributed by atoms with van der Waals surface area (Å²) in [5.41, 5.74) is 0. The number of ketones is 1. The number of carbonyl (C=O) groups excluding carboxylic acids is 3. The maximum Gasteiger partial charge on any atom is 0.336 e. The number of Topliss-reactive ketones (excluding diaryl/α,β-unsaturated/α-hetero) is 1. The summed E-state index contributed by atoms with van der Waals surface area (Å²) in [4.78, 5) is 38.0. The molecule has 2 amide bonds. The fourth-order valence-corrected chi connectivity index (χ4v) is 1.75. The molecule has 0 spiro atoms. The SMILES string of the molecule is CCOC(=O)C(C(=O)CC)N1CCN(C)C1=O. The Kier molecular flexibility index (Phi) is 4.48. The van der Waals surface area contributed by atoms with Crippen LogP contribution in [0.2, 0.25) is 0 Å². The van der Waals surface area contributed by atoms with E-state index in [1.807, 2.05) is 0 Å². The number of amides is 2. The summed E-state index contributed by atoms with van der Waals surface area (Å²) in [5.74, 6) is -0.921. The van der Waals surface area contributed by atoms with E-state index in [0.717, 1.165) is 0 Å². The molecular formula is C11H18N2O4. The summed E-state index contributed by atoms with van der Waals surface area (Å²) in [5, 5.41) is 0. The van der Waals surface area contributed by atoms with E-state index >= 15 is 0 Å². The molecule has 0 aromatic heterocycles. The lowest BCUT2D eigenvalue weighted by atomic mass is 10.1. The smallest absolute Gasteiger partial charge is 0.336 e. The van der Waals surface area contributed by atoms with E-state index in [-0.39, 0.29) is 24.8 Å². The van der Waals surface area contributed by atoms with Crippen molar-refractivity contribution in [3.63, 3.8) is 0 Å². The monoisotopic (exact) mass is 242 g/mol. The summed E-state index contributed by atoms with van der Waals surface area (Å²) in [6.07, 6.45) is 0.205. The predicted molar refractivity (Wildman–Crippen MR) is 60.5 cm³/mol. The van der Waals surface area contributed by atoms with Crippen LogP contribution in [0.3, 0.4) is 0 Å². The number of likely N-dealkylation sites (N-methyl/N-ethyl adjacent to an activating group) is 1. The number of esters is 1. The summed E-state index contributed by atoms with van der Waals surface area (Å²) in [6.45, 7) is 4.43. The summed E-state index contributed by atoms with van der Waals surface area (Å²) < 4.78 is 4.85. The quantitative estimate of drug-likeness (QED) is 0.512. The van der Waals surface area contributed by atoms with Gasteiger partial charge in [0, 0.05) is 26.6 Å². The van der Waals surface area contributed by atoms with Crippen LogP contribution >= 0.6 is 0 Å². The van der Waals surface area contributed by atoms with Crippen molar-refractivity contribution in [1.29, 1.82) is 0 Å². The number of hydrogen-bond acceptors (Lipinski definition) is 4. The van der Waals surface area contributed by atoms with Gasteiger partial charge in [-0.15, -0.1) is 0 Å². The van der Waals surface area contributed by atoms with E-state index < -0.39 is 12.0 Å². The second-order valence-corrected chi connectivity index (χ2v) is 3.87. The lowest BCUT2D eigenvalue weighted by Crippen LogP contribution is -2.49. The molecule has 1 saturated heterocycles. The van der Waals surface area contributed by atoms with Gasteiger partial charge in [-0.2, -0.15) is 0 Å². The highest BCUT2D eigenvalue weighted by Crippen LogP contribution is 2.14. The van der Waals surface area contributed by atoms with Gasteiger partial charge in [-0.1, -0.05) is 6.92 Å². The zero-order chi connectivity index (χ0) is 13.0. The first-order valence-corrected chi connectivity index (χ1v) is 5.74. The van der Waals surface area contributed by atoms with E-state index in [9.17, 15) is 14.4 Å². The third-order valence-corrected chi connectivity index (χ3v) is 2.72. The molecule has 0 radical (unpaired) electrons. The minimum absolute atomic E-state index is 0.199. The van der Waals surface area contributed by atoms with Crippen molar-refractivity contribution in [2.24, 2.45) is 0 Å². The highest BCUT2D eigenvalue weighted by Gasteiger charge is 2.40. The van der Waals surface area contributed by atoms with E-state index in [4.69, 9.17) is 4.74 Å². The summed E-state index contributed by atoms with van der Waals surface area (Å²) >= 11 is 0. The first-order valence-electron chi connectivity index (χ1n) is 5.74. The summed E-state index contributed by atoms with van der Waals surface area (Å²) in [7, 11) is 1.64. The molecule has 6 heteroatoms. The fourth-order valence-electron chi connectivity index (χ4n) is 1.75. The molecule has 1 aliphatic heterocycles. The van der Waals surface area contributed by atoms with Gasteiger partial charge in [-0.3, -0.25) is 4.79 Å². The normalized spacial score (nSPS) is 17.2. The van der Waals surface area contributed by atoms with E-state index in [2.05, 4.69) is 0 Å². The van der Waals surface area contributed by atoms with Crippen LogP contribution in [-0.4, -0.2) is 60.4 Å². The average molecular weight is 242 g/mol. The van der Waals surface area contributed by atoms with Gasteiger partial charge in [-0.05, 0) is 6.92 Å². The van der Waals surface area contributed by atoms with Crippen LogP contribution in [0.15, 0.2) is 0 Å². The molecule has 0 bridgehead atoms. The van der Waals surface area contributed by atoms with Crippen LogP contribution in [-0.2, 0) is 14.3 Å². The molecule has 0 saturated carbocycles. The lowest BCUT2D eigenvalue weighted by molar-refractivity contribution is -0.151. The van der Waals surface area contributed by atoms with Crippen molar-refractivity contribution < 1.29 is 19.1 Å². The molecule has 1 heterocycles. The van der Waals surface area contributed by atoms with Crippen molar-refractivity contribution in [1.82, 2.24) is 9.80 Å². The Hall–Kier alpha value is -1.59. The van der Waals surface area contributed by atoms with Gasteiger partial charge < -0.3 is 14.5 Å². The molecular weight excluding hydrogens is 224 g/mol. The lowest BCUT2D eigenvalue weighted by Gasteiger charge is -2.24. The van der Waals surface area contributed by atoms with Crippen LogP contribution in [0, 0.1) is 0 Å². The van der Waals surface area contributed by atoms with Gasteiger partial charge in [0.15, 0.2) is 11.8 Å². The van der Waals surface area contributed by atoms with E-state index in [1.165, 1.54) is 9.80 Å². The molecule has 1 atom stereocenters. The van der Waals surface area contributed by atoms with Crippen LogP contribution in [0.5, 0.6) is 0 Å². The van der Waals surface area contributed by atoms with Crippen LogP contribution in [0.1, 0.15) is 20.3 Å². The van der Waals surface area contributed by atoms with Crippen molar-refractivity contribution in [3.05, 3.63) is 0 Å². The third-order valence-electron chi connectivity index (χ3n) is 2.72. The molecule has 0 aliphatic carbocycles. The molecule has 1 unspecified atom stereocenters. The average Bonchev–Trinajstić information content (AvgIpc) is 2.61. The molecule has 17 heavy (non-hydrogen) atoms. The second-order valence-electron chi connectivity index (χ2n) is 3.87. The van der Waals surface area contributed by atoms with Crippen LogP contribution < -0.4 is 0 Å². The standard InChI is InChI=1S/C11H18N2O4/c1-4-8(14)9(10(15)17-5-2)13-7-6-12(3)11(13)16/h9H,4-7H2,1-3H3. The molecule has 0 aromatic rings. The Bertz CT molecular complexity index is 329. The van der Waals surface area contributed by atoms with E-state index in [0.29, 0.717) is 13.1 Å². The maximum absolute atomic E-state index is 11.8. The zero-order valence-corrected chi connectivity index (χ0v) is 10.4. The Labute approximate surface area is 101 Å². The Morgan fingerprint density at radius 1 is 1.35 bits per heavy atom. The molecule has 1 aliphatic rings. The Balaban J connectivity index is 2.87. The summed E-state index contributed by atoms with van der Waals surface area (Å²) in [6, 6.07) is -1.39. The Morgan fingerprint density at radius 3 is 2.41 bits per heavy atom. The largest absolute Gasteiger partial charge is 0.464 e. The van der Waals surface area contributed by atoms with Gasteiger partial charge in [0.05, 0.1) is 6.61 Å². The third kappa shape index (κ3) is 2.75. The van der Waals surface area contributed by atoms with Crippen LogP contribution in [0.4, 0.5) is 4.79 Å². The maximum atomic E-state index is 11.8. The highest BCUT2D eigenvalue weighted by atomic mass is 16.5. The molecule has 96 valence electrons. The number of hydrogen-bond donors (Lipinski definition) is 0. The number of urea groups is 1. The number of nitrogens with zero attached hydrogens (tertiary/aromatic N) is 2. The zero-order valence-electron chi connectivity index (χ0n) is 10.4. The minimum atomic E-state index is -1.09. The van der Waals surface area contributed by atoms with Gasteiger partial charge in [0.25, 0.3) is 0 Å². The molecule has 1 rings (SSSR count). The first-order chi connectivity index (χ1) is 8.02. The van der Waals surface area contributed by atoms with Crippen molar-refractivity contribution >= 4 is 17.8 Å². The van der Waals surface area contributed by atoms with Gasteiger partial charge in [0.1, 0.15) is 0 Å². The van der Waals surface area contributed by atoms with Crippen molar-refractivity contribution in [2.45, 2.75) is 26.3 Å². The van der Waals surface area contributed by atoms with Gasteiger partial charge >= 0.3 is 12.0 Å². The molecule has 0 N–H and O–H groups in total. The van der Waals surface area contributed by atoms with E-state index in [1.54, 1.807) is 20.9 Å². The predicted octanol–water partition coefficient (Wildman–Crippen LogP) is 0.265. The Morgan fingerprint density at radius 2 is 2.00 bits per heavy atom. The highest BCUT2D eigenvalue weighted by molar-refractivity contribution is 6.05. The fraction of sp³-hybridized carbons (Fsp3) is 0.727. The van der Waals surface area contributed by atoms with Crippen molar-refractivity contribution in [3.8, 4) is 0 Å². The molecule has 1 fully saturated rings. The first kappa shape index (κ1) is 13.5. The number of rotatable bonds is 5. The second kappa shape index (κ2) is 5.65. The molecule has 0 aromatic carbocycles. The van der Waals surface area contributed by atoms with Gasteiger partial charge in [-0.25, -0.2) is 9.59 Å². The number of ether oxygens (including phenoxy) is 1. The molecule has 6 nitrogen and oxygen atoms in total.